The monoisotopic (exact) mass is 247 g/mol. The van der Waals surface area contributed by atoms with Crippen molar-refractivity contribution in [2.24, 2.45) is 5.73 Å². The summed E-state index contributed by atoms with van der Waals surface area (Å²) in [6, 6.07) is 0. The molecule has 0 amide bonds. The summed E-state index contributed by atoms with van der Waals surface area (Å²) in [4.78, 5) is 0. The molecule has 1 aliphatic rings. The second kappa shape index (κ2) is 3.46. The van der Waals surface area contributed by atoms with E-state index in [9.17, 15) is 0 Å². The molecule has 0 unspecified atom stereocenters. The Morgan fingerprint density at radius 3 is 3.33 bits per heavy atom. The molecule has 1 aliphatic heterocycles. The highest BCUT2D eigenvalue weighted by Crippen LogP contribution is 2.36. The molecule has 2 rings (SSSR count). The van der Waals surface area contributed by atoms with Crippen molar-refractivity contribution in [1.29, 1.82) is 0 Å². The Morgan fingerprint density at radius 2 is 2.58 bits per heavy atom. The lowest BCUT2D eigenvalue weighted by atomic mass is 10.0. The molecule has 0 bridgehead atoms. The van der Waals surface area contributed by atoms with E-state index in [0.29, 0.717) is 6.54 Å². The zero-order chi connectivity index (χ0) is 8.55. The third kappa shape index (κ3) is 1.33. The van der Waals surface area contributed by atoms with E-state index in [1.807, 2.05) is 0 Å². The van der Waals surface area contributed by atoms with Crippen molar-refractivity contribution in [2.45, 2.75) is 12.5 Å². The Morgan fingerprint density at radius 1 is 1.75 bits per heavy atom. The smallest absolute Gasteiger partial charge is 0.0958 e. The molecular weight excluding hydrogens is 238 g/mol. The van der Waals surface area contributed by atoms with Gasteiger partial charge in [-0.25, -0.2) is 0 Å². The van der Waals surface area contributed by atoms with Gasteiger partial charge in [-0.2, -0.15) is 0 Å². The largest absolute Gasteiger partial charge is 0.372 e. The van der Waals surface area contributed by atoms with Crippen molar-refractivity contribution in [3.8, 4) is 0 Å². The van der Waals surface area contributed by atoms with E-state index in [1.165, 1.54) is 14.9 Å². The van der Waals surface area contributed by atoms with Crippen LogP contribution in [-0.4, -0.2) is 13.2 Å². The second-order valence-electron chi connectivity index (χ2n) is 2.79. The Labute approximate surface area is 83.8 Å². The van der Waals surface area contributed by atoms with Crippen LogP contribution in [0.3, 0.4) is 0 Å². The van der Waals surface area contributed by atoms with Crippen LogP contribution in [0.4, 0.5) is 0 Å². The highest BCUT2D eigenvalue weighted by atomic mass is 79.9. The summed E-state index contributed by atoms with van der Waals surface area (Å²) in [5.74, 6) is 0. The van der Waals surface area contributed by atoms with Gasteiger partial charge in [-0.3, -0.25) is 0 Å². The summed E-state index contributed by atoms with van der Waals surface area (Å²) in [6.07, 6.45) is 1.13. The summed E-state index contributed by atoms with van der Waals surface area (Å²) in [7, 11) is 0. The normalized spacial score (nSPS) is 22.3. The highest BCUT2D eigenvalue weighted by molar-refractivity contribution is 9.11. The predicted molar refractivity (Wildman–Crippen MR) is 53.5 cm³/mol. The summed E-state index contributed by atoms with van der Waals surface area (Å²) in [5, 5.41) is 2.14. The number of hydrogen-bond donors (Lipinski definition) is 1. The van der Waals surface area contributed by atoms with Crippen LogP contribution in [-0.2, 0) is 11.2 Å². The second-order valence-corrected chi connectivity index (χ2v) is 4.99. The molecule has 0 fully saturated rings. The predicted octanol–water partition coefficient (Wildman–Crippen LogP) is 2.08. The van der Waals surface area contributed by atoms with Gasteiger partial charge >= 0.3 is 0 Å². The molecule has 1 aromatic heterocycles. The summed E-state index contributed by atoms with van der Waals surface area (Å²) < 4.78 is 6.76. The van der Waals surface area contributed by atoms with Gasteiger partial charge in [-0.15, -0.1) is 11.3 Å². The zero-order valence-electron chi connectivity index (χ0n) is 6.55. The minimum absolute atomic E-state index is 0.122. The lowest BCUT2D eigenvalue weighted by Crippen LogP contribution is -2.21. The van der Waals surface area contributed by atoms with E-state index in [-0.39, 0.29) is 6.10 Å². The quantitative estimate of drug-likeness (QED) is 0.825. The van der Waals surface area contributed by atoms with Crippen molar-refractivity contribution in [3.05, 3.63) is 20.3 Å². The summed E-state index contributed by atoms with van der Waals surface area (Å²) in [6.45, 7) is 1.38. The maximum atomic E-state index is 5.59. The SMILES string of the molecule is NC[C@H]1OCCc2c1csc2Br. The first-order chi connectivity index (χ1) is 5.83. The maximum Gasteiger partial charge on any atom is 0.0958 e. The van der Waals surface area contributed by atoms with Crippen LogP contribution in [0.2, 0.25) is 0 Å². The minimum atomic E-state index is 0.122. The number of thiophene rings is 1. The molecule has 1 aromatic rings. The topological polar surface area (TPSA) is 35.2 Å². The van der Waals surface area contributed by atoms with Gasteiger partial charge in [0.15, 0.2) is 0 Å². The fraction of sp³-hybridized carbons (Fsp3) is 0.500. The molecule has 0 spiro atoms. The molecule has 2 nitrogen and oxygen atoms in total. The van der Waals surface area contributed by atoms with Crippen molar-refractivity contribution in [1.82, 2.24) is 0 Å². The van der Waals surface area contributed by atoms with Gasteiger partial charge in [0.05, 0.1) is 16.5 Å². The number of halogens is 1. The van der Waals surface area contributed by atoms with Crippen molar-refractivity contribution >= 4 is 27.3 Å². The van der Waals surface area contributed by atoms with Crippen LogP contribution in [0.15, 0.2) is 9.17 Å². The number of fused-ring (bicyclic) bond motifs is 1. The lowest BCUT2D eigenvalue weighted by Gasteiger charge is -2.22. The number of nitrogens with two attached hydrogens (primary N) is 1. The number of rotatable bonds is 1. The first kappa shape index (κ1) is 8.69. The Bertz CT molecular complexity index is 287. The average molecular weight is 248 g/mol. The first-order valence-corrected chi connectivity index (χ1v) is 5.57. The Hall–Kier alpha value is 0.100. The fourth-order valence-corrected chi connectivity index (χ4v) is 3.07. The third-order valence-electron chi connectivity index (χ3n) is 2.11. The van der Waals surface area contributed by atoms with E-state index < -0.39 is 0 Å². The van der Waals surface area contributed by atoms with Crippen LogP contribution in [0, 0.1) is 0 Å². The van der Waals surface area contributed by atoms with Gasteiger partial charge < -0.3 is 10.5 Å². The molecule has 0 aromatic carbocycles. The van der Waals surface area contributed by atoms with Crippen LogP contribution in [0.25, 0.3) is 0 Å². The molecule has 1 atom stereocenters. The molecule has 66 valence electrons. The highest BCUT2D eigenvalue weighted by Gasteiger charge is 2.22. The molecule has 0 saturated carbocycles. The Balaban J connectivity index is 2.38. The molecule has 2 heterocycles. The van der Waals surface area contributed by atoms with Crippen molar-refractivity contribution in [3.63, 3.8) is 0 Å². The van der Waals surface area contributed by atoms with Crippen LogP contribution < -0.4 is 5.73 Å². The van der Waals surface area contributed by atoms with Gasteiger partial charge in [0.2, 0.25) is 0 Å². The molecule has 12 heavy (non-hydrogen) atoms. The molecule has 2 N–H and O–H groups in total. The van der Waals surface area contributed by atoms with E-state index in [1.54, 1.807) is 11.3 Å². The maximum absolute atomic E-state index is 5.59. The number of hydrogen-bond acceptors (Lipinski definition) is 3. The minimum Gasteiger partial charge on any atom is -0.372 e. The summed E-state index contributed by atoms with van der Waals surface area (Å²) >= 11 is 5.25. The van der Waals surface area contributed by atoms with E-state index in [2.05, 4.69) is 21.3 Å². The lowest BCUT2D eigenvalue weighted by molar-refractivity contribution is 0.0489. The standard InChI is InChI=1S/C8H10BrNOS/c9-8-5-1-2-11-7(3-10)6(5)4-12-8/h4,7H,1-3,10H2/t7-/m1/s1. The average Bonchev–Trinajstić information content (AvgIpc) is 2.48. The van der Waals surface area contributed by atoms with Gasteiger partial charge in [0.25, 0.3) is 0 Å². The third-order valence-corrected chi connectivity index (χ3v) is 3.97. The number of ether oxygens (including phenoxy) is 1. The van der Waals surface area contributed by atoms with E-state index in [4.69, 9.17) is 10.5 Å². The summed E-state index contributed by atoms with van der Waals surface area (Å²) in [5.41, 5.74) is 8.26. The van der Waals surface area contributed by atoms with Crippen molar-refractivity contribution in [2.75, 3.05) is 13.2 Å². The van der Waals surface area contributed by atoms with Crippen LogP contribution in [0.1, 0.15) is 17.2 Å². The molecular formula is C8H10BrNOS. The van der Waals surface area contributed by atoms with Gasteiger partial charge in [-0.05, 0) is 38.9 Å². The van der Waals surface area contributed by atoms with Crippen LogP contribution in [0.5, 0.6) is 0 Å². The van der Waals surface area contributed by atoms with Crippen molar-refractivity contribution < 1.29 is 4.74 Å². The molecule has 0 saturated heterocycles. The first-order valence-electron chi connectivity index (χ1n) is 3.90. The molecule has 0 radical (unpaired) electrons. The zero-order valence-corrected chi connectivity index (χ0v) is 8.95. The van der Waals surface area contributed by atoms with Gasteiger partial charge in [0.1, 0.15) is 0 Å². The molecule has 0 aliphatic carbocycles. The molecule has 4 heteroatoms. The van der Waals surface area contributed by atoms with Crippen LogP contribution >= 0.6 is 27.3 Å². The van der Waals surface area contributed by atoms with E-state index in [0.717, 1.165) is 13.0 Å². The van der Waals surface area contributed by atoms with E-state index >= 15 is 0 Å². The van der Waals surface area contributed by atoms with Gasteiger partial charge in [-0.1, -0.05) is 0 Å². The van der Waals surface area contributed by atoms with Gasteiger partial charge in [0, 0.05) is 6.54 Å². The Kier molecular flexibility index (Phi) is 2.50. The fourth-order valence-electron chi connectivity index (χ4n) is 1.47.